The average Bonchev–Trinajstić information content (AvgIpc) is 2.59. The molecule has 0 radical (unpaired) electrons. The predicted molar refractivity (Wildman–Crippen MR) is 75.2 cm³/mol. The van der Waals surface area contributed by atoms with Crippen LogP contribution in [0.3, 0.4) is 0 Å². The Hall–Kier alpha value is -2.01. The summed E-state index contributed by atoms with van der Waals surface area (Å²) in [6, 6.07) is 5.01. The summed E-state index contributed by atoms with van der Waals surface area (Å²) in [5.41, 5.74) is 14.6. The zero-order valence-corrected chi connectivity index (χ0v) is 11.5. The minimum atomic E-state index is -0.493. The maximum absolute atomic E-state index is 11.1. The quantitative estimate of drug-likeness (QED) is 0.841. The van der Waals surface area contributed by atoms with Gasteiger partial charge in [-0.2, -0.15) is 5.10 Å². The number of nitrogens with two attached hydrogens (primary N) is 2. The van der Waals surface area contributed by atoms with Crippen molar-refractivity contribution in [2.75, 3.05) is 5.73 Å². The Bertz CT molecular complexity index is 648. The van der Waals surface area contributed by atoms with Crippen molar-refractivity contribution in [2.45, 2.75) is 20.4 Å². The molecule has 5 nitrogen and oxygen atoms in total. The van der Waals surface area contributed by atoms with Crippen LogP contribution in [0.25, 0.3) is 0 Å². The summed E-state index contributed by atoms with van der Waals surface area (Å²) in [4.78, 5) is 11.1. The third kappa shape index (κ3) is 2.56. The topological polar surface area (TPSA) is 86.9 Å². The van der Waals surface area contributed by atoms with E-state index in [2.05, 4.69) is 5.10 Å². The van der Waals surface area contributed by atoms with Crippen LogP contribution in [0.5, 0.6) is 0 Å². The second-order valence-corrected chi connectivity index (χ2v) is 4.80. The fourth-order valence-electron chi connectivity index (χ4n) is 1.88. The molecule has 0 aliphatic carbocycles. The molecule has 1 aromatic carbocycles. The highest BCUT2D eigenvalue weighted by atomic mass is 35.5. The van der Waals surface area contributed by atoms with Crippen LogP contribution >= 0.6 is 11.6 Å². The number of nitrogens with zero attached hydrogens (tertiary/aromatic N) is 2. The fourth-order valence-corrected chi connectivity index (χ4v) is 2.02. The summed E-state index contributed by atoms with van der Waals surface area (Å²) in [5.74, 6) is -0.493. The molecule has 0 spiro atoms. The lowest BCUT2D eigenvalue weighted by atomic mass is 10.1. The van der Waals surface area contributed by atoms with Crippen LogP contribution < -0.4 is 11.5 Å². The van der Waals surface area contributed by atoms with Gasteiger partial charge in [-0.05, 0) is 31.5 Å². The Morgan fingerprint density at radius 1 is 1.42 bits per heavy atom. The van der Waals surface area contributed by atoms with E-state index in [1.807, 2.05) is 13.8 Å². The van der Waals surface area contributed by atoms with Crippen LogP contribution in [0.4, 0.5) is 5.69 Å². The van der Waals surface area contributed by atoms with Gasteiger partial charge in [-0.25, -0.2) is 0 Å². The van der Waals surface area contributed by atoms with Crippen LogP contribution in [-0.2, 0) is 6.54 Å². The highest BCUT2D eigenvalue weighted by molar-refractivity contribution is 6.31. The molecule has 0 aliphatic heterocycles. The molecule has 6 heteroatoms. The molecule has 1 amide bonds. The van der Waals surface area contributed by atoms with Gasteiger partial charge in [0, 0.05) is 11.3 Å². The first-order valence-electron chi connectivity index (χ1n) is 5.78. The van der Waals surface area contributed by atoms with Crippen molar-refractivity contribution in [2.24, 2.45) is 5.73 Å². The van der Waals surface area contributed by atoms with Crippen molar-refractivity contribution in [3.05, 3.63) is 45.7 Å². The Labute approximate surface area is 116 Å². The van der Waals surface area contributed by atoms with E-state index in [0.29, 0.717) is 22.8 Å². The van der Waals surface area contributed by atoms with Crippen LogP contribution in [-0.4, -0.2) is 15.7 Å². The Morgan fingerprint density at radius 3 is 2.58 bits per heavy atom. The summed E-state index contributed by atoms with van der Waals surface area (Å²) >= 11 is 6.10. The molecular weight excluding hydrogens is 264 g/mol. The number of hydrogen-bond acceptors (Lipinski definition) is 3. The van der Waals surface area contributed by atoms with Crippen molar-refractivity contribution in [3.8, 4) is 0 Å². The van der Waals surface area contributed by atoms with E-state index in [0.717, 1.165) is 17.0 Å². The largest absolute Gasteiger partial charge is 0.398 e. The zero-order valence-electron chi connectivity index (χ0n) is 10.8. The van der Waals surface area contributed by atoms with Gasteiger partial charge in [-0.1, -0.05) is 17.7 Å². The molecule has 19 heavy (non-hydrogen) atoms. The highest BCUT2D eigenvalue weighted by Crippen LogP contribution is 2.22. The molecule has 100 valence electrons. The summed E-state index contributed by atoms with van der Waals surface area (Å²) in [7, 11) is 0. The minimum absolute atomic E-state index is 0.396. The van der Waals surface area contributed by atoms with E-state index >= 15 is 0 Å². The number of hydrogen-bond donors (Lipinski definition) is 2. The van der Waals surface area contributed by atoms with Gasteiger partial charge in [-0.3, -0.25) is 9.48 Å². The molecule has 0 bridgehead atoms. The number of nitrogen functional groups attached to an aromatic ring is 1. The number of carbonyl (C=O) groups excluding carboxylic acids is 1. The van der Waals surface area contributed by atoms with Crippen LogP contribution in [0.1, 0.15) is 27.3 Å². The molecule has 2 rings (SSSR count). The molecule has 0 saturated heterocycles. The Morgan fingerprint density at radius 2 is 2.11 bits per heavy atom. The molecule has 1 heterocycles. The maximum Gasteiger partial charge on any atom is 0.248 e. The summed E-state index contributed by atoms with van der Waals surface area (Å²) in [6.45, 7) is 4.26. The van der Waals surface area contributed by atoms with Gasteiger partial charge < -0.3 is 11.5 Å². The molecule has 0 aliphatic rings. The predicted octanol–water partition coefficient (Wildman–Crippen LogP) is 1.88. The lowest BCUT2D eigenvalue weighted by molar-refractivity contribution is 0.100. The van der Waals surface area contributed by atoms with Crippen molar-refractivity contribution in [1.82, 2.24) is 9.78 Å². The van der Waals surface area contributed by atoms with Gasteiger partial charge in [0.25, 0.3) is 0 Å². The standard InChI is InChI=1S/C13H15ClN4O/c1-7-12(14)8(2)18(17-7)6-10-4-3-9(13(16)19)5-11(10)15/h3-5H,6,15H2,1-2H3,(H2,16,19). The van der Waals surface area contributed by atoms with Gasteiger partial charge >= 0.3 is 0 Å². The van der Waals surface area contributed by atoms with Gasteiger partial charge in [-0.15, -0.1) is 0 Å². The minimum Gasteiger partial charge on any atom is -0.398 e. The first kappa shape index (κ1) is 13.4. The van der Waals surface area contributed by atoms with Crippen LogP contribution in [0.2, 0.25) is 5.02 Å². The second kappa shape index (κ2) is 4.93. The Kier molecular flexibility index (Phi) is 3.48. The first-order chi connectivity index (χ1) is 8.90. The molecular formula is C13H15ClN4O. The first-order valence-corrected chi connectivity index (χ1v) is 6.15. The van der Waals surface area contributed by atoms with E-state index < -0.39 is 5.91 Å². The summed E-state index contributed by atoms with van der Waals surface area (Å²) in [6.07, 6.45) is 0. The third-order valence-corrected chi connectivity index (χ3v) is 3.59. The number of halogens is 1. The average molecular weight is 279 g/mol. The maximum atomic E-state index is 11.1. The van der Waals surface area contributed by atoms with E-state index in [4.69, 9.17) is 23.1 Å². The number of carbonyl (C=O) groups is 1. The third-order valence-electron chi connectivity index (χ3n) is 3.04. The number of amides is 1. The van der Waals surface area contributed by atoms with Crippen molar-refractivity contribution >= 4 is 23.2 Å². The summed E-state index contributed by atoms with van der Waals surface area (Å²) < 4.78 is 1.79. The van der Waals surface area contributed by atoms with Gasteiger partial charge in [0.2, 0.25) is 5.91 Å². The van der Waals surface area contributed by atoms with Crippen molar-refractivity contribution in [3.63, 3.8) is 0 Å². The monoisotopic (exact) mass is 278 g/mol. The van der Waals surface area contributed by atoms with Crippen LogP contribution in [0.15, 0.2) is 18.2 Å². The fraction of sp³-hybridized carbons (Fsp3) is 0.231. The zero-order chi connectivity index (χ0) is 14.2. The molecule has 2 aromatic rings. The number of aromatic nitrogens is 2. The SMILES string of the molecule is Cc1nn(Cc2ccc(C(N)=O)cc2N)c(C)c1Cl. The van der Waals surface area contributed by atoms with E-state index in [1.54, 1.807) is 22.9 Å². The molecule has 0 saturated carbocycles. The van der Waals surface area contributed by atoms with Gasteiger partial charge in [0.15, 0.2) is 0 Å². The number of primary amides is 1. The van der Waals surface area contributed by atoms with Gasteiger partial charge in [0.05, 0.1) is 23.0 Å². The van der Waals surface area contributed by atoms with E-state index in [-0.39, 0.29) is 0 Å². The lowest BCUT2D eigenvalue weighted by Gasteiger charge is -2.08. The molecule has 4 N–H and O–H groups in total. The number of anilines is 1. The lowest BCUT2D eigenvalue weighted by Crippen LogP contribution is -2.12. The number of rotatable bonds is 3. The van der Waals surface area contributed by atoms with E-state index in [9.17, 15) is 4.79 Å². The van der Waals surface area contributed by atoms with Gasteiger partial charge in [0.1, 0.15) is 0 Å². The van der Waals surface area contributed by atoms with Crippen molar-refractivity contribution in [1.29, 1.82) is 0 Å². The second-order valence-electron chi connectivity index (χ2n) is 4.42. The molecule has 0 atom stereocenters. The Balaban J connectivity index is 2.33. The van der Waals surface area contributed by atoms with E-state index in [1.165, 1.54) is 0 Å². The van der Waals surface area contributed by atoms with Crippen molar-refractivity contribution < 1.29 is 4.79 Å². The molecule has 0 fully saturated rings. The highest BCUT2D eigenvalue weighted by Gasteiger charge is 2.11. The number of benzene rings is 1. The molecule has 1 aromatic heterocycles. The smallest absolute Gasteiger partial charge is 0.248 e. The molecule has 0 unspecified atom stereocenters. The normalized spacial score (nSPS) is 10.7. The van der Waals surface area contributed by atoms with Crippen LogP contribution in [0, 0.1) is 13.8 Å². The summed E-state index contributed by atoms with van der Waals surface area (Å²) in [5, 5.41) is 5.00. The number of aryl methyl sites for hydroxylation is 1.